The highest BCUT2D eigenvalue weighted by molar-refractivity contribution is 5.92. The molecule has 1 saturated heterocycles. The zero-order valence-electron chi connectivity index (χ0n) is 11.7. The number of likely N-dealkylation sites (tertiary alicyclic amines) is 1. The quantitative estimate of drug-likeness (QED) is 0.547. The number of carboxylic acid groups (broad SMARTS) is 2. The number of amides is 1. The summed E-state index contributed by atoms with van der Waals surface area (Å²) in [5.41, 5.74) is 5.28. The molecule has 1 aliphatic rings. The van der Waals surface area contributed by atoms with Crippen LogP contribution >= 0.6 is 0 Å². The molecule has 0 bridgehead atoms. The molecule has 1 heterocycles. The molecule has 0 aromatic carbocycles. The van der Waals surface area contributed by atoms with Crippen LogP contribution in [-0.4, -0.2) is 57.9 Å². The van der Waals surface area contributed by atoms with E-state index in [0.717, 1.165) is 0 Å². The molecule has 0 aromatic rings. The predicted octanol–water partition coefficient (Wildman–Crippen LogP) is -0.539. The second-order valence-corrected chi connectivity index (χ2v) is 5.09. The number of nitrogens with zero attached hydrogens (tertiary/aromatic N) is 1. The molecule has 1 aliphatic heterocycles. The number of aliphatic carboxylic acids is 2. The van der Waals surface area contributed by atoms with Gasteiger partial charge in [-0.2, -0.15) is 0 Å². The van der Waals surface area contributed by atoms with Crippen LogP contribution in [0.25, 0.3) is 0 Å². The van der Waals surface area contributed by atoms with Gasteiger partial charge in [-0.25, -0.2) is 0 Å². The summed E-state index contributed by atoms with van der Waals surface area (Å²) in [5, 5.41) is 17.6. The van der Waals surface area contributed by atoms with Crippen molar-refractivity contribution in [2.45, 2.75) is 38.1 Å². The van der Waals surface area contributed by atoms with Crippen molar-refractivity contribution in [2.24, 2.45) is 11.7 Å². The first kappa shape index (κ1) is 17.1. The van der Waals surface area contributed by atoms with Crippen molar-refractivity contribution in [3.63, 3.8) is 0 Å². The fraction of sp³-hybridized carbons (Fsp3) is 0.692. The molecule has 4 N–H and O–H groups in total. The van der Waals surface area contributed by atoms with Gasteiger partial charge >= 0.3 is 11.9 Å². The van der Waals surface area contributed by atoms with Crippen LogP contribution in [-0.2, 0) is 19.2 Å². The Kier molecular flexibility index (Phi) is 6.29. The van der Waals surface area contributed by atoms with Gasteiger partial charge < -0.3 is 20.8 Å². The maximum Gasteiger partial charge on any atom is 0.306 e. The van der Waals surface area contributed by atoms with Crippen LogP contribution in [0.15, 0.2) is 0 Å². The molecule has 1 fully saturated rings. The third-order valence-electron chi connectivity index (χ3n) is 3.62. The van der Waals surface area contributed by atoms with Gasteiger partial charge in [0.25, 0.3) is 0 Å². The molecule has 8 heteroatoms. The highest BCUT2D eigenvalue weighted by Crippen LogP contribution is 2.22. The van der Waals surface area contributed by atoms with E-state index in [2.05, 4.69) is 0 Å². The summed E-state index contributed by atoms with van der Waals surface area (Å²) in [4.78, 5) is 46.8. The summed E-state index contributed by atoms with van der Waals surface area (Å²) in [6, 6.07) is -0.632. The molecule has 0 spiro atoms. The van der Waals surface area contributed by atoms with E-state index in [1.807, 2.05) is 0 Å². The first-order valence-electron chi connectivity index (χ1n) is 6.83. The lowest BCUT2D eigenvalue weighted by Crippen LogP contribution is -2.44. The van der Waals surface area contributed by atoms with Crippen molar-refractivity contribution in [3.05, 3.63) is 0 Å². The van der Waals surface area contributed by atoms with Crippen molar-refractivity contribution in [3.8, 4) is 0 Å². The molecule has 21 heavy (non-hydrogen) atoms. The molecule has 1 rings (SSSR count). The Morgan fingerprint density at radius 2 is 1.90 bits per heavy atom. The average Bonchev–Trinajstić information content (AvgIpc) is 2.91. The lowest BCUT2D eigenvalue weighted by Gasteiger charge is -2.24. The third-order valence-corrected chi connectivity index (χ3v) is 3.62. The van der Waals surface area contributed by atoms with E-state index in [1.165, 1.54) is 4.90 Å². The van der Waals surface area contributed by atoms with Crippen LogP contribution < -0.4 is 5.73 Å². The van der Waals surface area contributed by atoms with Gasteiger partial charge in [0.05, 0.1) is 18.5 Å². The van der Waals surface area contributed by atoms with Crippen LogP contribution in [0.2, 0.25) is 0 Å². The topological polar surface area (TPSA) is 138 Å². The molecular weight excluding hydrogens is 280 g/mol. The zero-order chi connectivity index (χ0) is 16.0. The largest absolute Gasteiger partial charge is 0.481 e. The molecule has 1 amide bonds. The fourth-order valence-electron chi connectivity index (χ4n) is 2.51. The number of carboxylic acids is 2. The summed E-state index contributed by atoms with van der Waals surface area (Å²) in [6.07, 6.45) is 0.501. The van der Waals surface area contributed by atoms with Crippen molar-refractivity contribution >= 4 is 23.6 Å². The number of ketones is 1. The maximum absolute atomic E-state index is 12.2. The fourth-order valence-corrected chi connectivity index (χ4v) is 2.51. The van der Waals surface area contributed by atoms with Crippen LogP contribution in [0.3, 0.4) is 0 Å². The predicted molar refractivity (Wildman–Crippen MR) is 71.4 cm³/mol. The number of rotatable bonds is 8. The third kappa shape index (κ3) is 4.82. The minimum Gasteiger partial charge on any atom is -0.481 e. The second-order valence-electron chi connectivity index (χ2n) is 5.09. The Morgan fingerprint density at radius 3 is 2.43 bits per heavy atom. The number of Topliss-reactive ketones (excluding diaryl/α,β-unsaturated/α-hetero) is 1. The monoisotopic (exact) mass is 300 g/mol. The lowest BCUT2D eigenvalue weighted by atomic mass is 9.93. The summed E-state index contributed by atoms with van der Waals surface area (Å²) < 4.78 is 0. The van der Waals surface area contributed by atoms with E-state index in [0.29, 0.717) is 19.4 Å². The van der Waals surface area contributed by atoms with E-state index in [-0.39, 0.29) is 37.5 Å². The smallest absolute Gasteiger partial charge is 0.306 e. The van der Waals surface area contributed by atoms with Crippen molar-refractivity contribution in [1.82, 2.24) is 4.90 Å². The number of carbonyl (C=O) groups is 4. The molecule has 2 atom stereocenters. The first-order valence-corrected chi connectivity index (χ1v) is 6.83. The number of hydrogen-bond acceptors (Lipinski definition) is 5. The van der Waals surface area contributed by atoms with Gasteiger partial charge in [0.1, 0.15) is 0 Å². The standard InChI is InChI=1S/C13H20N2O6/c14-7-11(17)15-5-1-2-9(15)10(16)6-8(13(20)21)3-4-12(18)19/h8-9H,1-7,14H2,(H,18,19)(H,20,21)/t8-,9+/m1/s1. The molecule has 118 valence electrons. The van der Waals surface area contributed by atoms with E-state index in [4.69, 9.17) is 15.9 Å². The van der Waals surface area contributed by atoms with Gasteiger partial charge in [-0.3, -0.25) is 19.2 Å². The summed E-state index contributed by atoms with van der Waals surface area (Å²) in [5.74, 6) is -4.01. The summed E-state index contributed by atoms with van der Waals surface area (Å²) in [7, 11) is 0. The van der Waals surface area contributed by atoms with Crippen molar-refractivity contribution < 1.29 is 29.4 Å². The number of carbonyl (C=O) groups excluding carboxylic acids is 2. The maximum atomic E-state index is 12.2. The average molecular weight is 300 g/mol. The highest BCUT2D eigenvalue weighted by Gasteiger charge is 2.35. The van der Waals surface area contributed by atoms with Gasteiger partial charge in [-0.15, -0.1) is 0 Å². The Balaban J connectivity index is 2.66. The van der Waals surface area contributed by atoms with Gasteiger partial charge in [0.15, 0.2) is 5.78 Å². The van der Waals surface area contributed by atoms with Crippen LogP contribution in [0.5, 0.6) is 0 Å². The Labute approximate surface area is 121 Å². The SMILES string of the molecule is NCC(=O)N1CCC[C@H]1C(=O)C[C@@H](CCC(=O)O)C(=O)O. The molecular formula is C13H20N2O6. The Bertz CT molecular complexity index is 436. The van der Waals surface area contributed by atoms with Crippen LogP contribution in [0.4, 0.5) is 0 Å². The van der Waals surface area contributed by atoms with E-state index in [1.54, 1.807) is 0 Å². The highest BCUT2D eigenvalue weighted by atomic mass is 16.4. The van der Waals surface area contributed by atoms with Gasteiger partial charge in [0, 0.05) is 19.4 Å². The molecule has 0 unspecified atom stereocenters. The Morgan fingerprint density at radius 1 is 1.24 bits per heavy atom. The minimum absolute atomic E-state index is 0.103. The van der Waals surface area contributed by atoms with E-state index in [9.17, 15) is 19.2 Å². The molecule has 0 aliphatic carbocycles. The molecule has 8 nitrogen and oxygen atoms in total. The van der Waals surface area contributed by atoms with Gasteiger partial charge in [-0.05, 0) is 19.3 Å². The number of hydrogen-bond donors (Lipinski definition) is 3. The van der Waals surface area contributed by atoms with Crippen molar-refractivity contribution in [1.29, 1.82) is 0 Å². The summed E-state index contributed by atoms with van der Waals surface area (Å²) >= 11 is 0. The zero-order valence-corrected chi connectivity index (χ0v) is 11.7. The van der Waals surface area contributed by atoms with Crippen LogP contribution in [0.1, 0.15) is 32.1 Å². The van der Waals surface area contributed by atoms with E-state index >= 15 is 0 Å². The second kappa shape index (κ2) is 7.72. The number of nitrogens with two attached hydrogens (primary N) is 1. The van der Waals surface area contributed by atoms with Gasteiger partial charge in [-0.1, -0.05) is 0 Å². The molecule has 0 aromatic heterocycles. The molecule has 0 radical (unpaired) electrons. The lowest BCUT2D eigenvalue weighted by molar-refractivity contribution is -0.146. The van der Waals surface area contributed by atoms with E-state index < -0.39 is 23.9 Å². The molecule has 0 saturated carbocycles. The first-order chi connectivity index (χ1) is 9.86. The Hall–Kier alpha value is -1.96. The summed E-state index contributed by atoms with van der Waals surface area (Å²) in [6.45, 7) is 0.254. The normalized spacial score (nSPS) is 19.3. The minimum atomic E-state index is -1.20. The van der Waals surface area contributed by atoms with Gasteiger partial charge in [0.2, 0.25) is 5.91 Å². The van der Waals surface area contributed by atoms with Crippen molar-refractivity contribution in [2.75, 3.05) is 13.1 Å². The van der Waals surface area contributed by atoms with Crippen LogP contribution in [0, 0.1) is 5.92 Å².